The van der Waals surface area contributed by atoms with Gasteiger partial charge in [0.05, 0.1) is 31.8 Å². The average molecular weight is 342 g/mol. The van der Waals surface area contributed by atoms with Gasteiger partial charge in [-0.2, -0.15) is 0 Å². The fourth-order valence-electron chi connectivity index (χ4n) is 4.22. The lowest BCUT2D eigenvalue weighted by Gasteiger charge is -2.50. The molecule has 134 valence electrons. The normalized spacial score (nSPS) is 27.1. The van der Waals surface area contributed by atoms with Gasteiger partial charge in [0.25, 0.3) is 0 Å². The van der Waals surface area contributed by atoms with Crippen molar-refractivity contribution in [2.24, 2.45) is 5.41 Å². The molecule has 5 heteroatoms. The second-order valence-corrected chi connectivity index (χ2v) is 7.30. The van der Waals surface area contributed by atoms with Gasteiger partial charge >= 0.3 is 0 Å². The van der Waals surface area contributed by atoms with Crippen LogP contribution in [0, 0.1) is 5.41 Å². The van der Waals surface area contributed by atoms with Crippen LogP contribution in [-0.2, 0) is 22.6 Å². The summed E-state index contributed by atoms with van der Waals surface area (Å²) in [6.07, 6.45) is 10.9. The highest BCUT2D eigenvalue weighted by atomic mass is 16.5. The van der Waals surface area contributed by atoms with Gasteiger partial charge in [-0.05, 0) is 43.0 Å². The first-order chi connectivity index (χ1) is 12.3. The Morgan fingerprint density at radius 2 is 2.16 bits per heavy atom. The maximum absolute atomic E-state index is 6.15. The van der Waals surface area contributed by atoms with Crippen LogP contribution in [0.3, 0.4) is 0 Å². The van der Waals surface area contributed by atoms with Crippen molar-refractivity contribution in [3.05, 3.63) is 54.2 Å². The first kappa shape index (κ1) is 16.8. The van der Waals surface area contributed by atoms with Gasteiger partial charge in [-0.3, -0.25) is 9.88 Å². The largest absolute Gasteiger partial charge is 0.472 e. The van der Waals surface area contributed by atoms with Gasteiger partial charge in [-0.15, -0.1) is 0 Å². The Kier molecular flexibility index (Phi) is 5.15. The molecule has 0 amide bonds. The fourth-order valence-corrected chi connectivity index (χ4v) is 4.22. The van der Waals surface area contributed by atoms with E-state index in [0.29, 0.717) is 12.7 Å². The van der Waals surface area contributed by atoms with Gasteiger partial charge in [0.15, 0.2) is 0 Å². The Hall–Kier alpha value is -1.69. The Morgan fingerprint density at radius 3 is 3.00 bits per heavy atom. The molecule has 0 saturated carbocycles. The van der Waals surface area contributed by atoms with Gasteiger partial charge in [0.2, 0.25) is 0 Å². The minimum absolute atomic E-state index is 0.104. The lowest BCUT2D eigenvalue weighted by atomic mass is 9.73. The van der Waals surface area contributed by atoms with Gasteiger partial charge in [0.1, 0.15) is 0 Å². The van der Waals surface area contributed by atoms with E-state index in [1.807, 2.05) is 30.8 Å². The monoisotopic (exact) mass is 342 g/mol. The molecule has 5 nitrogen and oxygen atoms in total. The van der Waals surface area contributed by atoms with Crippen molar-refractivity contribution in [3.63, 3.8) is 0 Å². The number of pyridine rings is 1. The summed E-state index contributed by atoms with van der Waals surface area (Å²) in [5.74, 6) is 0. The highest BCUT2D eigenvalue weighted by Gasteiger charge is 2.46. The molecule has 2 aromatic rings. The smallest absolute Gasteiger partial charge is 0.0947 e. The van der Waals surface area contributed by atoms with E-state index < -0.39 is 0 Å². The molecule has 2 atom stereocenters. The van der Waals surface area contributed by atoms with Crippen LogP contribution in [0.15, 0.2) is 47.5 Å². The van der Waals surface area contributed by atoms with E-state index >= 15 is 0 Å². The third kappa shape index (κ3) is 3.94. The van der Waals surface area contributed by atoms with E-state index in [2.05, 4.69) is 16.0 Å². The van der Waals surface area contributed by atoms with Crippen molar-refractivity contribution in [3.8, 4) is 0 Å². The van der Waals surface area contributed by atoms with Crippen LogP contribution < -0.4 is 0 Å². The van der Waals surface area contributed by atoms with Crippen LogP contribution in [0.25, 0.3) is 0 Å². The summed E-state index contributed by atoms with van der Waals surface area (Å²) in [7, 11) is 0. The van der Waals surface area contributed by atoms with Crippen molar-refractivity contribution in [1.82, 2.24) is 9.88 Å². The Bertz CT molecular complexity index is 646. The number of nitrogens with zero attached hydrogens (tertiary/aromatic N) is 2. The molecule has 2 aromatic heterocycles. The molecule has 0 radical (unpaired) electrons. The van der Waals surface area contributed by atoms with E-state index in [4.69, 9.17) is 13.9 Å². The van der Waals surface area contributed by atoms with Crippen LogP contribution in [0.2, 0.25) is 0 Å². The number of furan rings is 1. The molecule has 0 unspecified atom stereocenters. The number of rotatable bonds is 6. The van der Waals surface area contributed by atoms with Crippen molar-refractivity contribution in [2.45, 2.75) is 38.5 Å². The zero-order chi connectivity index (χ0) is 17.0. The SMILES string of the molecule is c1cc(COC[C@@]23CCCO[C@@H]2CCN(Cc2ccoc2)C3)ccn1. The number of hydrogen-bond donors (Lipinski definition) is 0. The Balaban J connectivity index is 1.40. The van der Waals surface area contributed by atoms with Crippen LogP contribution in [0.5, 0.6) is 0 Å². The number of aromatic nitrogens is 1. The van der Waals surface area contributed by atoms with E-state index in [9.17, 15) is 0 Å². The zero-order valence-corrected chi connectivity index (χ0v) is 14.6. The van der Waals surface area contributed by atoms with Gasteiger partial charge < -0.3 is 13.9 Å². The van der Waals surface area contributed by atoms with Crippen LogP contribution in [-0.4, -0.2) is 42.3 Å². The van der Waals surface area contributed by atoms with Crippen molar-refractivity contribution < 1.29 is 13.9 Å². The lowest BCUT2D eigenvalue weighted by molar-refractivity contribution is -0.155. The topological polar surface area (TPSA) is 47.7 Å². The van der Waals surface area contributed by atoms with Gasteiger partial charge in [-0.25, -0.2) is 0 Å². The molecule has 0 aliphatic carbocycles. The fraction of sp³-hybridized carbons (Fsp3) is 0.550. The molecule has 2 fully saturated rings. The summed E-state index contributed by atoms with van der Waals surface area (Å²) in [6, 6.07) is 6.08. The van der Waals surface area contributed by atoms with E-state index in [0.717, 1.165) is 45.7 Å². The molecule has 0 spiro atoms. The predicted molar refractivity (Wildman–Crippen MR) is 93.9 cm³/mol. The number of hydrogen-bond acceptors (Lipinski definition) is 5. The summed E-state index contributed by atoms with van der Waals surface area (Å²) in [5, 5.41) is 0. The minimum Gasteiger partial charge on any atom is -0.472 e. The third-order valence-electron chi connectivity index (χ3n) is 5.46. The van der Waals surface area contributed by atoms with Gasteiger partial charge in [0, 0.05) is 49.6 Å². The summed E-state index contributed by atoms with van der Waals surface area (Å²) in [5.41, 5.74) is 2.52. The van der Waals surface area contributed by atoms with Crippen molar-refractivity contribution in [1.29, 1.82) is 0 Å². The summed E-state index contributed by atoms with van der Waals surface area (Å²) in [4.78, 5) is 6.58. The standard InChI is InChI=1S/C20H26N2O3/c1-6-20(16-24-13-17-2-7-21-8-3-17)15-22(9-4-19(20)25-10-1)12-18-5-11-23-14-18/h2-3,5,7-8,11,14,19H,1,4,6,9-10,12-13,15-16H2/t19-,20+/m1/s1. The second-order valence-electron chi connectivity index (χ2n) is 7.30. The van der Waals surface area contributed by atoms with Gasteiger partial charge in [-0.1, -0.05) is 0 Å². The number of ether oxygens (including phenoxy) is 2. The molecular formula is C20H26N2O3. The summed E-state index contributed by atoms with van der Waals surface area (Å²) < 4.78 is 17.5. The van der Waals surface area contributed by atoms with E-state index in [1.165, 1.54) is 17.5 Å². The highest BCUT2D eigenvalue weighted by Crippen LogP contribution is 2.41. The van der Waals surface area contributed by atoms with E-state index in [1.54, 1.807) is 6.26 Å². The first-order valence-electron chi connectivity index (χ1n) is 9.16. The van der Waals surface area contributed by atoms with Crippen molar-refractivity contribution >= 4 is 0 Å². The highest BCUT2D eigenvalue weighted by molar-refractivity contribution is 5.09. The quantitative estimate of drug-likeness (QED) is 0.806. The van der Waals surface area contributed by atoms with Crippen LogP contribution in [0.4, 0.5) is 0 Å². The molecule has 4 rings (SSSR count). The maximum atomic E-state index is 6.15. The molecule has 2 aliphatic heterocycles. The summed E-state index contributed by atoms with van der Waals surface area (Å²) in [6.45, 7) is 5.32. The minimum atomic E-state index is 0.104. The molecule has 0 aromatic carbocycles. The molecule has 0 N–H and O–H groups in total. The van der Waals surface area contributed by atoms with E-state index in [-0.39, 0.29) is 5.41 Å². The number of piperidine rings is 1. The zero-order valence-electron chi connectivity index (χ0n) is 14.6. The van der Waals surface area contributed by atoms with Crippen molar-refractivity contribution in [2.75, 3.05) is 26.3 Å². The second kappa shape index (κ2) is 7.68. The number of fused-ring (bicyclic) bond motifs is 1. The molecule has 4 heterocycles. The Morgan fingerprint density at radius 1 is 1.24 bits per heavy atom. The molecule has 2 saturated heterocycles. The van der Waals surface area contributed by atoms with Crippen LogP contribution >= 0.6 is 0 Å². The maximum Gasteiger partial charge on any atom is 0.0947 e. The lowest BCUT2D eigenvalue weighted by Crippen LogP contribution is -2.56. The molecule has 25 heavy (non-hydrogen) atoms. The number of likely N-dealkylation sites (tertiary alicyclic amines) is 1. The first-order valence-corrected chi connectivity index (χ1v) is 9.16. The molecular weight excluding hydrogens is 316 g/mol. The molecule has 0 bridgehead atoms. The summed E-state index contributed by atoms with van der Waals surface area (Å²) >= 11 is 0. The Labute approximate surface area is 148 Å². The van der Waals surface area contributed by atoms with Crippen LogP contribution in [0.1, 0.15) is 30.4 Å². The average Bonchev–Trinajstić information content (AvgIpc) is 3.15. The predicted octanol–water partition coefficient (Wildman–Crippen LogP) is 3.26. The molecule has 2 aliphatic rings. The third-order valence-corrected chi connectivity index (χ3v) is 5.46.